The van der Waals surface area contributed by atoms with Gasteiger partial charge in [-0.05, 0) is 64.2 Å². The van der Waals surface area contributed by atoms with E-state index < -0.39 is 0 Å². The molecule has 29 heavy (non-hydrogen) atoms. The number of hydrogen-bond acceptors (Lipinski definition) is 5. The molecule has 2 aromatic carbocycles. The molecule has 1 amide bonds. The molecule has 0 spiro atoms. The topological polar surface area (TPSA) is 45.7 Å². The fourth-order valence-electron chi connectivity index (χ4n) is 3.17. The molecule has 3 aromatic rings. The standard InChI is InChI=1S/C22H27N3O2S.ClH/c1-15-9-6-7-10-17(15)21(26)25(14-8-13-24(3)4)22-23-19-18(27-5)12-11-16(2)20(19)28-22;/h6-7,9-12H,8,13-14H2,1-5H3;1H. The molecule has 156 valence electrons. The summed E-state index contributed by atoms with van der Waals surface area (Å²) < 4.78 is 6.55. The number of methoxy groups -OCH3 is 1. The van der Waals surface area contributed by atoms with Crippen molar-refractivity contribution in [3.05, 3.63) is 53.1 Å². The molecule has 0 radical (unpaired) electrons. The number of aromatic nitrogens is 1. The number of rotatable bonds is 7. The number of carbonyl (C=O) groups excluding carboxylic acids is 1. The van der Waals surface area contributed by atoms with E-state index in [2.05, 4.69) is 11.8 Å². The van der Waals surface area contributed by atoms with Crippen LogP contribution in [0, 0.1) is 13.8 Å². The zero-order chi connectivity index (χ0) is 20.3. The van der Waals surface area contributed by atoms with Crippen LogP contribution in [0.1, 0.15) is 27.9 Å². The second-order valence-corrected chi connectivity index (χ2v) is 8.16. The Balaban J connectivity index is 0.00000300. The summed E-state index contributed by atoms with van der Waals surface area (Å²) in [4.78, 5) is 22.2. The summed E-state index contributed by atoms with van der Waals surface area (Å²) in [6, 6.07) is 11.7. The highest BCUT2D eigenvalue weighted by molar-refractivity contribution is 7.22. The van der Waals surface area contributed by atoms with Crippen molar-refractivity contribution in [1.82, 2.24) is 9.88 Å². The molecule has 0 saturated carbocycles. The van der Waals surface area contributed by atoms with Gasteiger partial charge in [-0.3, -0.25) is 9.69 Å². The van der Waals surface area contributed by atoms with Gasteiger partial charge in [-0.2, -0.15) is 0 Å². The SMILES string of the molecule is COc1ccc(C)c2sc(N(CCCN(C)C)C(=O)c3ccccc3C)nc12.Cl. The number of nitrogens with zero attached hydrogens (tertiary/aromatic N) is 3. The Labute approximate surface area is 182 Å². The number of hydrogen-bond donors (Lipinski definition) is 0. The Bertz CT molecular complexity index is 987. The average molecular weight is 434 g/mol. The number of amides is 1. The lowest BCUT2D eigenvalue weighted by Gasteiger charge is -2.21. The van der Waals surface area contributed by atoms with Gasteiger partial charge in [0.2, 0.25) is 0 Å². The lowest BCUT2D eigenvalue weighted by atomic mass is 10.1. The van der Waals surface area contributed by atoms with E-state index in [4.69, 9.17) is 9.72 Å². The third kappa shape index (κ3) is 5.07. The van der Waals surface area contributed by atoms with Crippen LogP contribution in [0.15, 0.2) is 36.4 Å². The van der Waals surface area contributed by atoms with Crippen molar-refractivity contribution in [2.75, 3.05) is 39.2 Å². The third-order valence-corrected chi connectivity index (χ3v) is 5.96. The molecule has 0 aliphatic carbocycles. The third-order valence-electron chi connectivity index (χ3n) is 4.75. The molecule has 1 aromatic heterocycles. The van der Waals surface area contributed by atoms with E-state index >= 15 is 0 Å². The quantitative estimate of drug-likeness (QED) is 0.529. The summed E-state index contributed by atoms with van der Waals surface area (Å²) in [7, 11) is 5.73. The molecule has 0 bridgehead atoms. The zero-order valence-corrected chi connectivity index (χ0v) is 19.2. The van der Waals surface area contributed by atoms with Gasteiger partial charge in [0, 0.05) is 12.1 Å². The van der Waals surface area contributed by atoms with Crippen LogP contribution in [0.25, 0.3) is 10.2 Å². The molecule has 0 fully saturated rings. The summed E-state index contributed by atoms with van der Waals surface area (Å²) in [6.45, 7) is 5.55. The maximum atomic E-state index is 13.4. The first-order valence-corrected chi connectivity index (χ1v) is 10.2. The van der Waals surface area contributed by atoms with Crippen LogP contribution < -0.4 is 9.64 Å². The Morgan fingerprint density at radius 3 is 2.45 bits per heavy atom. The van der Waals surface area contributed by atoms with E-state index in [0.29, 0.717) is 6.54 Å². The van der Waals surface area contributed by atoms with E-state index in [9.17, 15) is 4.79 Å². The van der Waals surface area contributed by atoms with Gasteiger partial charge in [-0.25, -0.2) is 4.98 Å². The molecule has 0 aliphatic heterocycles. The fourth-order valence-corrected chi connectivity index (χ4v) is 4.24. The van der Waals surface area contributed by atoms with E-state index in [-0.39, 0.29) is 18.3 Å². The molecule has 7 heteroatoms. The predicted octanol–water partition coefficient (Wildman–Crippen LogP) is 4.94. The summed E-state index contributed by atoms with van der Waals surface area (Å²) in [5.41, 5.74) is 3.64. The molecular formula is C22H28ClN3O2S. The van der Waals surface area contributed by atoms with Gasteiger partial charge in [-0.1, -0.05) is 35.6 Å². The maximum absolute atomic E-state index is 13.4. The summed E-state index contributed by atoms with van der Waals surface area (Å²) >= 11 is 1.55. The molecule has 0 aliphatic rings. The zero-order valence-electron chi connectivity index (χ0n) is 17.6. The number of thiazole rings is 1. The normalized spacial score (nSPS) is 10.8. The first-order valence-electron chi connectivity index (χ1n) is 9.38. The monoisotopic (exact) mass is 433 g/mol. The second-order valence-electron chi connectivity index (χ2n) is 7.19. The van der Waals surface area contributed by atoms with Gasteiger partial charge < -0.3 is 9.64 Å². The lowest BCUT2D eigenvalue weighted by molar-refractivity contribution is 0.0985. The Morgan fingerprint density at radius 2 is 1.79 bits per heavy atom. The van der Waals surface area contributed by atoms with E-state index in [1.54, 1.807) is 18.4 Å². The van der Waals surface area contributed by atoms with Crippen LogP contribution in [0.2, 0.25) is 0 Å². The minimum Gasteiger partial charge on any atom is -0.494 e. The van der Waals surface area contributed by atoms with Gasteiger partial charge in [-0.15, -0.1) is 12.4 Å². The Morgan fingerprint density at radius 1 is 1.07 bits per heavy atom. The van der Waals surface area contributed by atoms with Gasteiger partial charge in [0.15, 0.2) is 5.13 Å². The highest BCUT2D eigenvalue weighted by Crippen LogP contribution is 2.37. The van der Waals surface area contributed by atoms with Crippen LogP contribution in [-0.4, -0.2) is 50.1 Å². The molecule has 0 N–H and O–H groups in total. The Kier molecular flexibility index (Phi) is 8.02. The van der Waals surface area contributed by atoms with Crippen LogP contribution >= 0.6 is 23.7 Å². The summed E-state index contributed by atoms with van der Waals surface area (Å²) in [5, 5.41) is 0.717. The predicted molar refractivity (Wildman–Crippen MR) is 124 cm³/mol. The van der Waals surface area contributed by atoms with Crippen molar-refractivity contribution in [1.29, 1.82) is 0 Å². The van der Waals surface area contributed by atoms with E-state index in [1.165, 1.54) is 0 Å². The highest BCUT2D eigenvalue weighted by Gasteiger charge is 2.23. The Hall–Kier alpha value is -2.15. The fraction of sp³-hybridized carbons (Fsp3) is 0.364. The number of benzene rings is 2. The summed E-state index contributed by atoms with van der Waals surface area (Å²) in [5.74, 6) is 0.729. The van der Waals surface area contributed by atoms with Crippen molar-refractivity contribution in [3.8, 4) is 5.75 Å². The smallest absolute Gasteiger partial charge is 0.260 e. The van der Waals surface area contributed by atoms with Crippen molar-refractivity contribution < 1.29 is 9.53 Å². The number of carbonyl (C=O) groups is 1. The number of fused-ring (bicyclic) bond motifs is 1. The first kappa shape index (κ1) is 23.1. The lowest BCUT2D eigenvalue weighted by Crippen LogP contribution is -2.33. The second kappa shape index (κ2) is 10.1. The number of ether oxygens (including phenoxy) is 1. The van der Waals surface area contributed by atoms with Crippen LogP contribution in [0.4, 0.5) is 5.13 Å². The van der Waals surface area contributed by atoms with Gasteiger partial charge in [0.25, 0.3) is 5.91 Å². The van der Waals surface area contributed by atoms with Gasteiger partial charge >= 0.3 is 0 Å². The van der Waals surface area contributed by atoms with E-state index in [1.807, 2.05) is 62.3 Å². The molecule has 3 rings (SSSR count). The summed E-state index contributed by atoms with van der Waals surface area (Å²) in [6.07, 6.45) is 0.872. The minimum atomic E-state index is -0.00691. The number of anilines is 1. The maximum Gasteiger partial charge on any atom is 0.260 e. The van der Waals surface area contributed by atoms with Crippen LogP contribution in [-0.2, 0) is 0 Å². The number of halogens is 1. The molecule has 1 heterocycles. The highest BCUT2D eigenvalue weighted by atomic mass is 35.5. The van der Waals surface area contributed by atoms with Crippen molar-refractivity contribution in [3.63, 3.8) is 0 Å². The van der Waals surface area contributed by atoms with Gasteiger partial charge in [0.05, 0.1) is 11.8 Å². The molecule has 5 nitrogen and oxygen atoms in total. The molecule has 0 atom stereocenters. The number of aryl methyl sites for hydroxylation is 2. The van der Waals surface area contributed by atoms with Crippen LogP contribution in [0.3, 0.4) is 0 Å². The molecular weight excluding hydrogens is 406 g/mol. The van der Waals surface area contributed by atoms with Gasteiger partial charge in [0.1, 0.15) is 11.3 Å². The van der Waals surface area contributed by atoms with Crippen LogP contribution in [0.5, 0.6) is 5.75 Å². The minimum absolute atomic E-state index is 0. The molecule has 0 saturated heterocycles. The largest absolute Gasteiger partial charge is 0.494 e. The first-order chi connectivity index (χ1) is 13.4. The van der Waals surface area contributed by atoms with Crippen molar-refractivity contribution in [2.24, 2.45) is 0 Å². The van der Waals surface area contributed by atoms with Crippen molar-refractivity contribution >= 4 is 45.0 Å². The van der Waals surface area contributed by atoms with E-state index in [0.717, 1.165) is 50.8 Å². The average Bonchev–Trinajstić information content (AvgIpc) is 3.11. The van der Waals surface area contributed by atoms with Crippen molar-refractivity contribution in [2.45, 2.75) is 20.3 Å². The molecule has 0 unspecified atom stereocenters.